The topological polar surface area (TPSA) is 77.1 Å². The lowest BCUT2D eigenvalue weighted by atomic mass is 10.1. The molecule has 0 bridgehead atoms. The fourth-order valence-electron chi connectivity index (χ4n) is 2.68. The Hall–Kier alpha value is -3.19. The molecule has 0 radical (unpaired) electrons. The van der Waals surface area contributed by atoms with Crippen LogP contribution in [0.5, 0.6) is 17.2 Å². The summed E-state index contributed by atoms with van der Waals surface area (Å²) in [5, 5.41) is 3.08. The molecule has 0 spiro atoms. The van der Waals surface area contributed by atoms with Crippen molar-refractivity contribution < 1.29 is 23.8 Å². The zero-order valence-corrected chi connectivity index (χ0v) is 15.7. The number of hydrogen-bond acceptors (Lipinski definition) is 5. The number of nitrogens with zero attached hydrogens (tertiary/aromatic N) is 1. The Balaban J connectivity index is 2.02. The number of anilines is 1. The van der Waals surface area contributed by atoms with Crippen LogP contribution in [0.3, 0.4) is 0 Å². The van der Waals surface area contributed by atoms with E-state index >= 15 is 0 Å². The van der Waals surface area contributed by atoms with Gasteiger partial charge in [0.05, 0.1) is 32.6 Å². The predicted molar refractivity (Wildman–Crippen MR) is 102 cm³/mol. The molecule has 0 aromatic heterocycles. The molecule has 1 saturated heterocycles. The molecule has 0 saturated carbocycles. The second-order valence-corrected chi connectivity index (χ2v) is 5.99. The smallest absolute Gasteiger partial charge is 0.333 e. The second-order valence-electron chi connectivity index (χ2n) is 5.55. The number of amides is 3. The Morgan fingerprint density at radius 2 is 1.56 bits per heavy atom. The third kappa shape index (κ3) is 3.54. The molecule has 0 unspecified atom stereocenters. The van der Waals surface area contributed by atoms with Crippen LogP contribution in [0.4, 0.5) is 10.5 Å². The maximum atomic E-state index is 12.8. The lowest BCUT2D eigenvalue weighted by Crippen LogP contribution is -2.30. The highest BCUT2D eigenvalue weighted by Gasteiger charge is 2.35. The predicted octanol–water partition coefficient (Wildman–Crippen LogP) is 3.46. The first-order valence-electron chi connectivity index (χ1n) is 7.91. The normalized spacial score (nSPS) is 15.1. The second kappa shape index (κ2) is 7.59. The largest absolute Gasteiger partial charge is 0.496 e. The van der Waals surface area contributed by atoms with Gasteiger partial charge in [-0.3, -0.25) is 4.79 Å². The van der Waals surface area contributed by atoms with Crippen molar-refractivity contribution in [3.8, 4) is 17.2 Å². The summed E-state index contributed by atoms with van der Waals surface area (Å²) in [5.74, 6) is 0.911. The number of urea groups is 1. The van der Waals surface area contributed by atoms with Gasteiger partial charge < -0.3 is 19.5 Å². The van der Waals surface area contributed by atoms with Crippen molar-refractivity contribution in [2.75, 3.05) is 26.2 Å². The van der Waals surface area contributed by atoms with Gasteiger partial charge in [-0.15, -0.1) is 0 Å². The number of benzene rings is 2. The number of imide groups is 1. The number of carbonyl (C=O) groups is 2. The molecule has 27 heavy (non-hydrogen) atoms. The first-order chi connectivity index (χ1) is 13.0. The number of methoxy groups -OCH3 is 3. The van der Waals surface area contributed by atoms with Crippen LogP contribution < -0.4 is 24.4 Å². The van der Waals surface area contributed by atoms with Crippen molar-refractivity contribution in [2.24, 2.45) is 0 Å². The highest BCUT2D eigenvalue weighted by molar-refractivity contribution is 6.31. The SMILES string of the molecule is COc1cc(OC)c(/C=C2/NC(=O)N(c3ccc(Cl)cc3)C2=O)c(OC)c1. The summed E-state index contributed by atoms with van der Waals surface area (Å²) in [6.07, 6.45) is 1.51. The number of carbonyl (C=O) groups excluding carboxylic acids is 2. The van der Waals surface area contributed by atoms with E-state index in [0.717, 1.165) is 4.90 Å². The minimum Gasteiger partial charge on any atom is -0.496 e. The maximum Gasteiger partial charge on any atom is 0.333 e. The summed E-state index contributed by atoms with van der Waals surface area (Å²) in [5.41, 5.74) is 1.01. The van der Waals surface area contributed by atoms with Gasteiger partial charge in [0.1, 0.15) is 22.9 Å². The molecule has 2 aromatic carbocycles. The molecule has 1 heterocycles. The first-order valence-corrected chi connectivity index (χ1v) is 8.29. The van der Waals surface area contributed by atoms with E-state index in [9.17, 15) is 9.59 Å². The number of hydrogen-bond donors (Lipinski definition) is 1. The Kier molecular flexibility index (Phi) is 5.23. The van der Waals surface area contributed by atoms with Crippen LogP contribution in [-0.4, -0.2) is 33.3 Å². The van der Waals surface area contributed by atoms with Crippen molar-refractivity contribution in [1.82, 2.24) is 5.32 Å². The summed E-state index contributed by atoms with van der Waals surface area (Å²) >= 11 is 5.87. The zero-order valence-electron chi connectivity index (χ0n) is 14.9. The summed E-state index contributed by atoms with van der Waals surface area (Å²) in [4.78, 5) is 26.1. The van der Waals surface area contributed by atoms with Crippen LogP contribution in [0.2, 0.25) is 5.02 Å². The summed E-state index contributed by atoms with van der Waals surface area (Å²) in [7, 11) is 4.51. The summed E-state index contributed by atoms with van der Waals surface area (Å²) < 4.78 is 16.0. The Bertz CT molecular complexity index is 899. The average molecular weight is 389 g/mol. The van der Waals surface area contributed by atoms with Gasteiger partial charge >= 0.3 is 6.03 Å². The van der Waals surface area contributed by atoms with Gasteiger partial charge in [0.15, 0.2) is 0 Å². The third-order valence-corrected chi connectivity index (χ3v) is 4.26. The molecule has 8 heteroatoms. The Morgan fingerprint density at radius 1 is 0.963 bits per heavy atom. The first kappa shape index (κ1) is 18.6. The standard InChI is InChI=1S/C19H17ClN2O5/c1-25-13-8-16(26-2)14(17(9-13)27-3)10-15-18(23)22(19(24)21-15)12-6-4-11(20)5-7-12/h4-10H,1-3H3,(H,21,24)/b15-10+. The van der Waals surface area contributed by atoms with Crippen LogP contribution in [0.15, 0.2) is 42.1 Å². The van der Waals surface area contributed by atoms with E-state index in [0.29, 0.717) is 33.5 Å². The molecule has 3 amide bonds. The average Bonchev–Trinajstić information content (AvgIpc) is 2.96. The van der Waals surface area contributed by atoms with Crippen LogP contribution >= 0.6 is 11.6 Å². The van der Waals surface area contributed by atoms with E-state index in [1.165, 1.54) is 27.4 Å². The van der Waals surface area contributed by atoms with Gasteiger partial charge in [-0.1, -0.05) is 11.6 Å². The number of nitrogens with one attached hydrogen (secondary N) is 1. The van der Waals surface area contributed by atoms with E-state index in [1.807, 2.05) is 0 Å². The van der Waals surface area contributed by atoms with Gasteiger partial charge in [-0.05, 0) is 30.3 Å². The van der Waals surface area contributed by atoms with E-state index in [1.54, 1.807) is 36.4 Å². The van der Waals surface area contributed by atoms with Crippen molar-refractivity contribution in [3.05, 3.63) is 52.7 Å². The van der Waals surface area contributed by atoms with E-state index in [4.69, 9.17) is 25.8 Å². The van der Waals surface area contributed by atoms with Crippen molar-refractivity contribution in [3.63, 3.8) is 0 Å². The lowest BCUT2D eigenvalue weighted by Gasteiger charge is -2.13. The molecule has 2 aromatic rings. The molecule has 140 valence electrons. The quantitative estimate of drug-likeness (QED) is 0.627. The van der Waals surface area contributed by atoms with Crippen LogP contribution in [0.1, 0.15) is 5.56 Å². The fourth-order valence-corrected chi connectivity index (χ4v) is 2.80. The zero-order chi connectivity index (χ0) is 19.6. The van der Waals surface area contributed by atoms with Gasteiger partial charge in [0, 0.05) is 17.2 Å². The molecule has 7 nitrogen and oxygen atoms in total. The van der Waals surface area contributed by atoms with E-state index in [-0.39, 0.29) is 5.70 Å². The number of halogens is 1. The molecule has 0 aliphatic carbocycles. The van der Waals surface area contributed by atoms with Crippen molar-refractivity contribution >= 4 is 35.3 Å². The monoisotopic (exact) mass is 388 g/mol. The lowest BCUT2D eigenvalue weighted by molar-refractivity contribution is -0.113. The van der Waals surface area contributed by atoms with E-state index < -0.39 is 11.9 Å². The Labute approximate surface area is 161 Å². The molecular formula is C19H17ClN2O5. The van der Waals surface area contributed by atoms with Gasteiger partial charge in [-0.25, -0.2) is 9.69 Å². The number of rotatable bonds is 5. The molecule has 1 fully saturated rings. The molecule has 0 atom stereocenters. The van der Waals surface area contributed by atoms with E-state index in [2.05, 4.69) is 5.32 Å². The maximum absolute atomic E-state index is 12.8. The Morgan fingerprint density at radius 3 is 2.07 bits per heavy atom. The molecule has 1 aliphatic heterocycles. The minimum absolute atomic E-state index is 0.0942. The van der Waals surface area contributed by atoms with Gasteiger partial charge in [-0.2, -0.15) is 0 Å². The highest BCUT2D eigenvalue weighted by atomic mass is 35.5. The summed E-state index contributed by atoms with van der Waals surface area (Å²) in [6, 6.07) is 9.16. The highest BCUT2D eigenvalue weighted by Crippen LogP contribution is 2.36. The molecular weight excluding hydrogens is 372 g/mol. The molecule has 1 aliphatic rings. The fraction of sp³-hybridized carbons (Fsp3) is 0.158. The molecule has 1 N–H and O–H groups in total. The summed E-state index contributed by atoms with van der Waals surface area (Å²) in [6.45, 7) is 0. The van der Waals surface area contributed by atoms with Crippen molar-refractivity contribution in [2.45, 2.75) is 0 Å². The van der Waals surface area contributed by atoms with Gasteiger partial charge in [0.2, 0.25) is 0 Å². The molecule has 3 rings (SSSR count). The minimum atomic E-state index is -0.556. The van der Waals surface area contributed by atoms with Crippen molar-refractivity contribution in [1.29, 1.82) is 0 Å². The van der Waals surface area contributed by atoms with Crippen LogP contribution in [0.25, 0.3) is 6.08 Å². The van der Waals surface area contributed by atoms with Crippen LogP contribution in [0, 0.1) is 0 Å². The van der Waals surface area contributed by atoms with Crippen LogP contribution in [-0.2, 0) is 4.79 Å². The van der Waals surface area contributed by atoms with Gasteiger partial charge in [0.25, 0.3) is 5.91 Å². The number of ether oxygens (including phenoxy) is 3. The third-order valence-electron chi connectivity index (χ3n) is 4.00.